The van der Waals surface area contributed by atoms with Crippen molar-refractivity contribution < 1.29 is 4.74 Å². The molecule has 1 aliphatic rings. The minimum atomic E-state index is 0.696. The van der Waals surface area contributed by atoms with Gasteiger partial charge in [0.25, 0.3) is 0 Å². The van der Waals surface area contributed by atoms with E-state index in [1.807, 2.05) is 6.92 Å². The van der Waals surface area contributed by atoms with Gasteiger partial charge in [0.15, 0.2) is 5.90 Å². The molecule has 0 amide bonds. The highest BCUT2D eigenvalue weighted by molar-refractivity contribution is 7.80. The van der Waals surface area contributed by atoms with E-state index in [9.17, 15) is 0 Å². The third-order valence-corrected chi connectivity index (χ3v) is 1.20. The van der Waals surface area contributed by atoms with Crippen LogP contribution < -0.4 is 0 Å². The van der Waals surface area contributed by atoms with E-state index in [1.54, 1.807) is 0 Å². The van der Waals surface area contributed by atoms with Gasteiger partial charge in [-0.3, -0.25) is 0 Å². The summed E-state index contributed by atoms with van der Waals surface area (Å²) in [6.07, 6.45) is 0.798. The molecule has 0 saturated heterocycles. The van der Waals surface area contributed by atoms with E-state index in [4.69, 9.17) is 17.0 Å². The molecule has 2 nitrogen and oxygen atoms in total. The SMILES string of the molecule is CC1=NC(=S)CCO1. The molecule has 1 rings (SSSR count). The van der Waals surface area contributed by atoms with Crippen molar-refractivity contribution in [2.45, 2.75) is 13.3 Å². The topological polar surface area (TPSA) is 21.6 Å². The first-order valence-electron chi connectivity index (χ1n) is 2.50. The third-order valence-electron chi connectivity index (χ3n) is 0.909. The minimum absolute atomic E-state index is 0.696. The Morgan fingerprint density at radius 2 is 2.50 bits per heavy atom. The predicted octanol–water partition coefficient (Wildman–Crippen LogP) is 1.15. The Labute approximate surface area is 53.6 Å². The van der Waals surface area contributed by atoms with Gasteiger partial charge in [-0.1, -0.05) is 12.2 Å². The van der Waals surface area contributed by atoms with Crippen molar-refractivity contribution in [1.82, 2.24) is 0 Å². The quantitative estimate of drug-likeness (QED) is 0.458. The molecule has 8 heavy (non-hydrogen) atoms. The van der Waals surface area contributed by atoms with E-state index in [-0.39, 0.29) is 0 Å². The van der Waals surface area contributed by atoms with Gasteiger partial charge in [0, 0.05) is 13.3 Å². The summed E-state index contributed by atoms with van der Waals surface area (Å²) in [4.78, 5) is 4.67. The summed E-state index contributed by atoms with van der Waals surface area (Å²) in [7, 11) is 0. The van der Waals surface area contributed by atoms with Crippen molar-refractivity contribution in [2.24, 2.45) is 4.99 Å². The number of rotatable bonds is 0. The van der Waals surface area contributed by atoms with E-state index >= 15 is 0 Å². The van der Waals surface area contributed by atoms with Crippen LogP contribution in [0.3, 0.4) is 0 Å². The Morgan fingerprint density at radius 3 is 2.88 bits per heavy atom. The molecule has 1 heterocycles. The number of ether oxygens (including phenoxy) is 1. The van der Waals surface area contributed by atoms with Crippen molar-refractivity contribution in [3.63, 3.8) is 0 Å². The lowest BCUT2D eigenvalue weighted by Gasteiger charge is -2.09. The standard InChI is InChI=1S/C5H7NOS/c1-4-6-5(8)2-3-7-4/h2-3H2,1H3. The highest BCUT2D eigenvalue weighted by atomic mass is 32.1. The Balaban J connectivity index is 2.64. The van der Waals surface area contributed by atoms with Crippen LogP contribution in [0.2, 0.25) is 0 Å². The monoisotopic (exact) mass is 129 g/mol. The number of thiocarbonyl (C=S) groups is 1. The molecule has 0 aromatic carbocycles. The van der Waals surface area contributed by atoms with Crippen LogP contribution >= 0.6 is 12.2 Å². The van der Waals surface area contributed by atoms with Gasteiger partial charge >= 0.3 is 0 Å². The molecule has 0 radical (unpaired) electrons. The maximum atomic E-state index is 5.01. The summed E-state index contributed by atoms with van der Waals surface area (Å²) in [5.74, 6) is 0.696. The second-order valence-corrected chi connectivity index (χ2v) is 2.09. The molecule has 0 unspecified atom stereocenters. The van der Waals surface area contributed by atoms with Gasteiger partial charge in [-0.25, -0.2) is 4.99 Å². The lowest BCUT2D eigenvalue weighted by Crippen LogP contribution is -2.12. The van der Waals surface area contributed by atoms with Crippen molar-refractivity contribution >= 4 is 23.1 Å². The molecule has 0 aliphatic carbocycles. The molecule has 0 fully saturated rings. The first-order valence-corrected chi connectivity index (χ1v) is 2.91. The summed E-state index contributed by atoms with van der Waals surface area (Å²) in [6, 6.07) is 0. The average molecular weight is 129 g/mol. The lowest BCUT2D eigenvalue weighted by molar-refractivity contribution is 0.307. The molecule has 1 aliphatic heterocycles. The minimum Gasteiger partial charge on any atom is -0.480 e. The summed E-state index contributed by atoms with van der Waals surface area (Å²) < 4.78 is 5.01. The Hall–Kier alpha value is -0.440. The van der Waals surface area contributed by atoms with Gasteiger partial charge < -0.3 is 4.74 Å². The fourth-order valence-electron chi connectivity index (χ4n) is 0.550. The zero-order valence-corrected chi connectivity index (χ0v) is 5.49. The zero-order valence-electron chi connectivity index (χ0n) is 4.68. The molecule has 0 N–H and O–H groups in total. The van der Waals surface area contributed by atoms with Crippen molar-refractivity contribution in [3.8, 4) is 0 Å². The van der Waals surface area contributed by atoms with Gasteiger partial charge in [-0.2, -0.15) is 0 Å². The van der Waals surface area contributed by atoms with Gasteiger partial charge in [-0.15, -0.1) is 0 Å². The lowest BCUT2D eigenvalue weighted by atomic mass is 10.4. The molecule has 0 bridgehead atoms. The molecular formula is C5H7NOS. The van der Waals surface area contributed by atoms with Gasteiger partial charge in [0.1, 0.15) is 4.99 Å². The van der Waals surface area contributed by atoms with Crippen LogP contribution in [0.25, 0.3) is 0 Å². The normalized spacial score (nSPS) is 19.6. The fraction of sp³-hybridized carbons (Fsp3) is 0.600. The highest BCUT2D eigenvalue weighted by Crippen LogP contribution is 1.99. The van der Waals surface area contributed by atoms with Gasteiger partial charge in [-0.05, 0) is 0 Å². The van der Waals surface area contributed by atoms with E-state index in [0.717, 1.165) is 11.4 Å². The van der Waals surface area contributed by atoms with Crippen LogP contribution in [0.1, 0.15) is 13.3 Å². The maximum Gasteiger partial charge on any atom is 0.185 e. The number of aliphatic imine (C=N–C) groups is 1. The number of hydrogen-bond donors (Lipinski definition) is 0. The largest absolute Gasteiger partial charge is 0.480 e. The van der Waals surface area contributed by atoms with Gasteiger partial charge in [0.05, 0.1) is 6.61 Å². The molecule has 0 atom stereocenters. The first kappa shape index (κ1) is 5.69. The third kappa shape index (κ3) is 1.26. The summed E-state index contributed by atoms with van der Waals surface area (Å²) >= 11 is 4.82. The van der Waals surface area contributed by atoms with Crippen LogP contribution in [0.15, 0.2) is 4.99 Å². The average Bonchev–Trinajstić information content (AvgIpc) is 1.64. The molecular weight excluding hydrogens is 122 g/mol. The predicted molar refractivity (Wildman–Crippen MR) is 36.3 cm³/mol. The van der Waals surface area contributed by atoms with Crippen LogP contribution in [-0.2, 0) is 4.74 Å². The summed E-state index contributed by atoms with van der Waals surface area (Å²) in [5, 5.41) is 0. The number of hydrogen-bond acceptors (Lipinski definition) is 2. The van der Waals surface area contributed by atoms with E-state index in [2.05, 4.69) is 4.99 Å². The summed E-state index contributed by atoms with van der Waals surface area (Å²) in [6.45, 7) is 2.51. The van der Waals surface area contributed by atoms with E-state index in [1.165, 1.54) is 0 Å². The van der Waals surface area contributed by atoms with Crippen molar-refractivity contribution in [2.75, 3.05) is 6.61 Å². The molecule has 0 saturated carbocycles. The smallest absolute Gasteiger partial charge is 0.185 e. The van der Waals surface area contributed by atoms with Crippen LogP contribution in [-0.4, -0.2) is 17.5 Å². The fourth-order valence-corrected chi connectivity index (χ4v) is 0.762. The molecule has 0 aromatic heterocycles. The maximum absolute atomic E-state index is 5.01. The highest BCUT2D eigenvalue weighted by Gasteiger charge is 2.03. The Bertz CT molecular complexity index is 141. The van der Waals surface area contributed by atoms with E-state index < -0.39 is 0 Å². The first-order chi connectivity index (χ1) is 3.79. The Kier molecular flexibility index (Phi) is 1.58. The molecule has 3 heteroatoms. The van der Waals surface area contributed by atoms with Gasteiger partial charge in [0.2, 0.25) is 0 Å². The second-order valence-electron chi connectivity index (χ2n) is 1.62. The molecule has 0 aromatic rings. The molecule has 44 valence electrons. The second kappa shape index (κ2) is 2.22. The van der Waals surface area contributed by atoms with Crippen molar-refractivity contribution in [1.29, 1.82) is 0 Å². The molecule has 0 spiro atoms. The Morgan fingerprint density at radius 1 is 1.75 bits per heavy atom. The van der Waals surface area contributed by atoms with Crippen LogP contribution in [0.4, 0.5) is 0 Å². The van der Waals surface area contributed by atoms with E-state index in [0.29, 0.717) is 12.5 Å². The van der Waals surface area contributed by atoms with Crippen LogP contribution in [0, 0.1) is 0 Å². The summed E-state index contributed by atoms with van der Waals surface area (Å²) in [5.41, 5.74) is 0. The van der Waals surface area contributed by atoms with Crippen molar-refractivity contribution in [3.05, 3.63) is 0 Å². The van der Waals surface area contributed by atoms with Crippen LogP contribution in [0.5, 0.6) is 0 Å². The number of nitrogens with zero attached hydrogens (tertiary/aromatic N) is 1. The zero-order chi connectivity index (χ0) is 5.98.